The van der Waals surface area contributed by atoms with Crippen LogP contribution < -0.4 is 15.0 Å². The molecule has 0 spiro atoms. The van der Waals surface area contributed by atoms with Crippen LogP contribution in [0.1, 0.15) is 11.5 Å². The van der Waals surface area contributed by atoms with Gasteiger partial charge in [0.15, 0.2) is 10.9 Å². The summed E-state index contributed by atoms with van der Waals surface area (Å²) in [4.78, 5) is 14.0. The van der Waals surface area contributed by atoms with Gasteiger partial charge in [-0.15, -0.1) is 0 Å². The Morgan fingerprint density at radius 2 is 1.80 bits per heavy atom. The third-order valence-corrected chi connectivity index (χ3v) is 5.09. The molecule has 1 saturated heterocycles. The van der Waals surface area contributed by atoms with Crippen LogP contribution in [0.3, 0.4) is 0 Å². The number of nitrogens with one attached hydrogen (secondary N) is 1. The van der Waals surface area contributed by atoms with Crippen molar-refractivity contribution in [2.24, 2.45) is 0 Å². The second-order valence-electron chi connectivity index (χ2n) is 6.25. The van der Waals surface area contributed by atoms with Gasteiger partial charge in [0, 0.05) is 6.08 Å². The second-order valence-corrected chi connectivity index (χ2v) is 7.45. The molecule has 9 heteroatoms. The molecule has 30 heavy (non-hydrogen) atoms. The molecule has 1 N–H and O–H groups in total. The van der Waals surface area contributed by atoms with Crippen molar-refractivity contribution in [3.63, 3.8) is 0 Å². The smallest absolute Gasteiger partial charge is 0.281 e. The van der Waals surface area contributed by atoms with Gasteiger partial charge in [-0.3, -0.25) is 9.69 Å². The number of anilines is 1. The quantitative estimate of drug-likeness (QED) is 0.396. The first-order chi connectivity index (χ1) is 14.4. The summed E-state index contributed by atoms with van der Waals surface area (Å²) in [6, 6.07) is 14.0. The molecular formula is C21H13Cl2FN2O3S. The fraction of sp³-hybridized carbons (Fsp3) is 0.0476. The molecule has 152 valence electrons. The zero-order valence-electron chi connectivity index (χ0n) is 15.2. The Balaban J connectivity index is 1.48. The van der Waals surface area contributed by atoms with Crippen molar-refractivity contribution in [2.75, 3.05) is 4.90 Å². The largest absolute Gasteiger partial charge is 0.483 e. The van der Waals surface area contributed by atoms with E-state index in [4.69, 9.17) is 44.6 Å². The van der Waals surface area contributed by atoms with E-state index >= 15 is 0 Å². The van der Waals surface area contributed by atoms with E-state index in [1.807, 2.05) is 0 Å². The first-order valence-corrected chi connectivity index (χ1v) is 9.87. The van der Waals surface area contributed by atoms with Gasteiger partial charge in [-0.2, -0.15) is 0 Å². The Labute approximate surface area is 186 Å². The van der Waals surface area contributed by atoms with Crippen molar-refractivity contribution < 1.29 is 18.3 Å². The average Bonchev–Trinajstić information content (AvgIpc) is 3.26. The van der Waals surface area contributed by atoms with E-state index in [0.29, 0.717) is 33.0 Å². The third-order valence-electron chi connectivity index (χ3n) is 4.21. The molecule has 0 atom stereocenters. The summed E-state index contributed by atoms with van der Waals surface area (Å²) in [6.07, 6.45) is 1.53. The molecule has 1 fully saturated rings. The van der Waals surface area contributed by atoms with Crippen LogP contribution in [0, 0.1) is 5.82 Å². The lowest BCUT2D eigenvalue weighted by Gasteiger charge is -2.13. The van der Waals surface area contributed by atoms with Crippen molar-refractivity contribution >= 4 is 58.2 Å². The van der Waals surface area contributed by atoms with Gasteiger partial charge in [0.05, 0.1) is 15.7 Å². The van der Waals surface area contributed by atoms with Crippen molar-refractivity contribution in [2.45, 2.75) is 6.61 Å². The highest BCUT2D eigenvalue weighted by molar-refractivity contribution is 7.80. The highest BCUT2D eigenvalue weighted by Gasteiger charge is 2.32. The standard InChI is InChI=1S/C21H13Cl2FN2O3S/c22-16-2-1-3-17(23)19(16)28-11-15-9-8-14(29-15)10-18-20(27)26(21(30)25-18)13-6-4-12(24)5-7-13/h1-10H,11H2,(H,25,30)/b18-10+. The third kappa shape index (κ3) is 4.18. The van der Waals surface area contributed by atoms with E-state index in [-0.39, 0.29) is 23.3 Å². The summed E-state index contributed by atoms with van der Waals surface area (Å²) >= 11 is 17.4. The van der Waals surface area contributed by atoms with E-state index in [9.17, 15) is 9.18 Å². The topological polar surface area (TPSA) is 54.7 Å². The summed E-state index contributed by atoms with van der Waals surface area (Å²) in [6.45, 7) is 0.105. The molecule has 0 saturated carbocycles. The van der Waals surface area contributed by atoms with Crippen LogP contribution in [0.4, 0.5) is 10.1 Å². The lowest BCUT2D eigenvalue weighted by atomic mass is 10.2. The van der Waals surface area contributed by atoms with Crippen LogP contribution in [0.5, 0.6) is 5.75 Å². The minimum Gasteiger partial charge on any atom is -0.483 e. The van der Waals surface area contributed by atoms with Crippen molar-refractivity contribution in [3.8, 4) is 5.75 Å². The second kappa shape index (κ2) is 8.47. The number of amides is 1. The van der Waals surface area contributed by atoms with Crippen molar-refractivity contribution in [3.05, 3.63) is 87.7 Å². The Bertz CT molecular complexity index is 1140. The fourth-order valence-corrected chi connectivity index (χ4v) is 3.62. The van der Waals surface area contributed by atoms with Gasteiger partial charge in [0.25, 0.3) is 5.91 Å². The molecule has 1 aromatic heterocycles. The van der Waals surface area contributed by atoms with Gasteiger partial charge < -0.3 is 14.5 Å². The van der Waals surface area contributed by atoms with E-state index in [2.05, 4.69) is 5.32 Å². The van der Waals surface area contributed by atoms with Crippen LogP contribution in [-0.4, -0.2) is 11.0 Å². The number of rotatable bonds is 5. The summed E-state index contributed by atoms with van der Waals surface area (Å²) in [5, 5.41) is 3.83. The van der Waals surface area contributed by atoms with Gasteiger partial charge in [-0.05, 0) is 60.7 Å². The van der Waals surface area contributed by atoms with Crippen LogP contribution >= 0.6 is 35.4 Å². The molecule has 0 unspecified atom stereocenters. The fourth-order valence-electron chi connectivity index (χ4n) is 2.82. The van der Waals surface area contributed by atoms with Crippen LogP contribution in [0.25, 0.3) is 6.08 Å². The molecule has 2 aromatic carbocycles. The molecule has 1 aliphatic rings. The summed E-state index contributed by atoms with van der Waals surface area (Å²) in [5.74, 6) is 0.539. The Morgan fingerprint density at radius 3 is 2.50 bits per heavy atom. The highest BCUT2D eigenvalue weighted by Crippen LogP contribution is 2.33. The number of thiocarbonyl (C=S) groups is 1. The SMILES string of the molecule is O=C1/C(=C\c2ccc(COc3c(Cl)cccc3Cl)o2)NC(=S)N1c1ccc(F)cc1. The van der Waals surface area contributed by atoms with E-state index in [0.717, 1.165) is 0 Å². The summed E-state index contributed by atoms with van der Waals surface area (Å²) in [7, 11) is 0. The maximum Gasteiger partial charge on any atom is 0.281 e. The summed E-state index contributed by atoms with van der Waals surface area (Å²) in [5.41, 5.74) is 0.702. The molecule has 1 amide bonds. The molecule has 4 rings (SSSR count). The highest BCUT2D eigenvalue weighted by atomic mass is 35.5. The Hall–Kier alpha value is -2.87. The first kappa shape index (κ1) is 20.4. The molecule has 0 aliphatic carbocycles. The molecule has 2 heterocycles. The minimum absolute atomic E-state index is 0.105. The lowest BCUT2D eigenvalue weighted by Crippen LogP contribution is -2.30. The number of carbonyl (C=O) groups excluding carboxylic acids is 1. The molecule has 1 aliphatic heterocycles. The predicted molar refractivity (Wildman–Crippen MR) is 117 cm³/mol. The summed E-state index contributed by atoms with van der Waals surface area (Å²) < 4.78 is 24.5. The zero-order chi connectivity index (χ0) is 21.3. The van der Waals surface area contributed by atoms with E-state index in [1.54, 1.807) is 30.3 Å². The number of nitrogens with zero attached hydrogens (tertiary/aromatic N) is 1. The van der Waals surface area contributed by atoms with Gasteiger partial charge in [-0.25, -0.2) is 4.39 Å². The lowest BCUT2D eigenvalue weighted by molar-refractivity contribution is -0.113. The molecular weight excluding hydrogens is 450 g/mol. The normalized spacial score (nSPS) is 15.0. The monoisotopic (exact) mass is 462 g/mol. The molecule has 3 aromatic rings. The average molecular weight is 463 g/mol. The van der Waals surface area contributed by atoms with Gasteiger partial charge in [0.1, 0.15) is 29.6 Å². The number of carbonyl (C=O) groups is 1. The van der Waals surface area contributed by atoms with E-state index in [1.165, 1.54) is 35.2 Å². The van der Waals surface area contributed by atoms with Crippen molar-refractivity contribution in [1.29, 1.82) is 0 Å². The first-order valence-electron chi connectivity index (χ1n) is 8.70. The van der Waals surface area contributed by atoms with Crippen LogP contribution in [0.15, 0.2) is 64.7 Å². The van der Waals surface area contributed by atoms with Gasteiger partial charge >= 0.3 is 0 Å². The molecule has 0 radical (unpaired) electrons. The zero-order valence-corrected chi connectivity index (χ0v) is 17.5. The van der Waals surface area contributed by atoms with Gasteiger partial charge in [0.2, 0.25) is 0 Å². The van der Waals surface area contributed by atoms with Crippen LogP contribution in [0.2, 0.25) is 10.0 Å². The van der Waals surface area contributed by atoms with E-state index < -0.39 is 5.82 Å². The molecule has 5 nitrogen and oxygen atoms in total. The minimum atomic E-state index is -0.400. The number of halogens is 3. The number of para-hydroxylation sites is 1. The number of furan rings is 1. The Morgan fingerprint density at radius 1 is 1.10 bits per heavy atom. The van der Waals surface area contributed by atoms with Crippen molar-refractivity contribution in [1.82, 2.24) is 5.32 Å². The maximum absolute atomic E-state index is 13.1. The van der Waals surface area contributed by atoms with Gasteiger partial charge in [-0.1, -0.05) is 29.3 Å². The predicted octanol–water partition coefficient (Wildman–Crippen LogP) is 5.57. The number of hydrogen-bond donors (Lipinski definition) is 1. The number of benzene rings is 2. The Kier molecular flexibility index (Phi) is 5.76. The maximum atomic E-state index is 13.1. The number of hydrogen-bond acceptors (Lipinski definition) is 4. The molecule has 0 bridgehead atoms. The van der Waals surface area contributed by atoms with Crippen LogP contribution in [-0.2, 0) is 11.4 Å². The number of ether oxygens (including phenoxy) is 1.